The summed E-state index contributed by atoms with van der Waals surface area (Å²) in [6.45, 7) is 5.98. The summed E-state index contributed by atoms with van der Waals surface area (Å²) in [6, 6.07) is 0.456. The number of hydrogen-bond donors (Lipinski definition) is 2. The minimum atomic E-state index is -1.61. The van der Waals surface area contributed by atoms with Crippen LogP contribution in [0.2, 0.25) is 0 Å². The second kappa shape index (κ2) is 13.1. The summed E-state index contributed by atoms with van der Waals surface area (Å²) in [4.78, 5) is 28.6. The maximum atomic E-state index is 13.9. The van der Waals surface area contributed by atoms with Gasteiger partial charge in [0.1, 0.15) is 41.8 Å². The Kier molecular flexibility index (Phi) is 9.58. The predicted molar refractivity (Wildman–Crippen MR) is 149 cm³/mol. The molecule has 0 saturated carbocycles. The van der Waals surface area contributed by atoms with Crippen LogP contribution in [0.1, 0.15) is 46.1 Å². The number of aliphatic hydroxyl groups excluding tert-OH is 2. The third-order valence-corrected chi connectivity index (χ3v) is 8.29. The van der Waals surface area contributed by atoms with Crippen molar-refractivity contribution < 1.29 is 51.9 Å². The van der Waals surface area contributed by atoms with E-state index in [0.29, 0.717) is 25.9 Å². The van der Waals surface area contributed by atoms with Gasteiger partial charge in [0.15, 0.2) is 17.5 Å². The van der Waals surface area contributed by atoms with Gasteiger partial charge >= 0.3 is 12.2 Å². The van der Waals surface area contributed by atoms with Crippen LogP contribution in [0.5, 0.6) is 0 Å². The molecule has 248 valence electrons. The zero-order chi connectivity index (χ0) is 32.6. The van der Waals surface area contributed by atoms with Gasteiger partial charge in [-0.25, -0.2) is 27.4 Å². The van der Waals surface area contributed by atoms with Crippen molar-refractivity contribution in [1.82, 2.24) is 24.8 Å². The molecule has 3 fully saturated rings. The minimum Gasteiger partial charge on any atom is -0.444 e. The van der Waals surface area contributed by atoms with E-state index in [-0.39, 0.29) is 30.3 Å². The fraction of sp³-hybridized carbons (Fsp3) is 0.655. The molecule has 0 bridgehead atoms. The molecule has 5 rings (SSSR count). The van der Waals surface area contributed by atoms with E-state index in [0.717, 1.165) is 12.1 Å². The Balaban J connectivity index is 1.26. The molecule has 3 aliphatic rings. The highest BCUT2D eigenvalue weighted by Gasteiger charge is 2.49. The van der Waals surface area contributed by atoms with Gasteiger partial charge in [-0.05, 0) is 45.7 Å². The smallest absolute Gasteiger partial charge is 0.410 e. The number of halogens is 3. The number of rotatable bonds is 7. The van der Waals surface area contributed by atoms with E-state index in [4.69, 9.17) is 18.9 Å². The summed E-state index contributed by atoms with van der Waals surface area (Å²) in [5.74, 6) is -4.40. The molecular formula is C29H38F3N5O8. The van der Waals surface area contributed by atoms with Crippen molar-refractivity contribution in [2.24, 2.45) is 0 Å². The van der Waals surface area contributed by atoms with Gasteiger partial charge in [-0.15, -0.1) is 5.10 Å². The second-order valence-corrected chi connectivity index (χ2v) is 12.5. The van der Waals surface area contributed by atoms with Gasteiger partial charge in [0.05, 0.1) is 25.5 Å². The average Bonchev–Trinajstić information content (AvgIpc) is 3.62. The Bertz CT molecular complexity index is 1360. The normalized spacial score (nSPS) is 28.0. The number of hydrogen-bond acceptors (Lipinski definition) is 10. The van der Waals surface area contributed by atoms with Crippen molar-refractivity contribution in [2.75, 3.05) is 33.4 Å². The first kappa shape index (κ1) is 32.9. The maximum absolute atomic E-state index is 13.9. The summed E-state index contributed by atoms with van der Waals surface area (Å²) >= 11 is 0. The first-order valence-corrected chi connectivity index (χ1v) is 14.8. The lowest BCUT2D eigenvalue weighted by Crippen LogP contribution is -2.57. The number of amides is 2. The summed E-state index contributed by atoms with van der Waals surface area (Å²) in [5, 5.41) is 29.0. The average molecular weight is 642 g/mol. The van der Waals surface area contributed by atoms with Crippen molar-refractivity contribution in [2.45, 2.75) is 88.2 Å². The Morgan fingerprint density at radius 2 is 1.80 bits per heavy atom. The lowest BCUT2D eigenvalue weighted by Gasteiger charge is -2.44. The Morgan fingerprint density at radius 3 is 2.40 bits per heavy atom. The minimum absolute atomic E-state index is 0.0107. The molecule has 0 aliphatic carbocycles. The van der Waals surface area contributed by atoms with E-state index in [1.165, 1.54) is 18.0 Å². The molecule has 16 heteroatoms. The Hall–Kier alpha value is -3.47. The maximum Gasteiger partial charge on any atom is 0.410 e. The van der Waals surface area contributed by atoms with Gasteiger partial charge < -0.3 is 39.0 Å². The van der Waals surface area contributed by atoms with Crippen LogP contribution < -0.4 is 0 Å². The number of carbonyl (C=O) groups excluding carboxylic acids is 2. The van der Waals surface area contributed by atoms with Crippen molar-refractivity contribution in [3.63, 3.8) is 0 Å². The van der Waals surface area contributed by atoms with Crippen LogP contribution in [-0.4, -0.2) is 123 Å². The van der Waals surface area contributed by atoms with Crippen molar-refractivity contribution >= 4 is 12.2 Å². The molecule has 0 radical (unpaired) electrons. The van der Waals surface area contributed by atoms with Gasteiger partial charge in [-0.3, -0.25) is 0 Å². The molecule has 6 atom stereocenters. The number of benzene rings is 1. The zero-order valence-electron chi connectivity index (χ0n) is 25.4. The zero-order valence-corrected chi connectivity index (χ0v) is 25.4. The molecule has 3 aliphatic heterocycles. The third-order valence-electron chi connectivity index (χ3n) is 8.29. The molecule has 2 N–H and O–H groups in total. The summed E-state index contributed by atoms with van der Waals surface area (Å²) in [5.41, 5.74) is -0.669. The predicted octanol–water partition coefficient (Wildman–Crippen LogP) is 2.65. The largest absolute Gasteiger partial charge is 0.444 e. The molecule has 0 spiro atoms. The molecule has 45 heavy (non-hydrogen) atoms. The second-order valence-electron chi connectivity index (χ2n) is 12.5. The van der Waals surface area contributed by atoms with Crippen LogP contribution in [0.4, 0.5) is 22.8 Å². The van der Waals surface area contributed by atoms with Gasteiger partial charge in [0, 0.05) is 38.2 Å². The fourth-order valence-electron chi connectivity index (χ4n) is 6.12. The molecule has 0 unspecified atom stereocenters. The number of carbonyl (C=O) groups is 2. The van der Waals surface area contributed by atoms with Crippen LogP contribution in [0.25, 0.3) is 11.3 Å². The van der Waals surface area contributed by atoms with E-state index in [1.54, 1.807) is 30.6 Å². The number of piperidine rings is 1. The van der Waals surface area contributed by atoms with Gasteiger partial charge in [0.25, 0.3) is 0 Å². The lowest BCUT2D eigenvalue weighted by molar-refractivity contribution is -0.217. The van der Waals surface area contributed by atoms with Crippen LogP contribution in [0, 0.1) is 17.5 Å². The molecule has 1 aromatic heterocycles. The molecular weight excluding hydrogens is 603 g/mol. The monoisotopic (exact) mass is 641 g/mol. The van der Waals surface area contributed by atoms with E-state index >= 15 is 0 Å². The number of likely N-dealkylation sites (tertiary alicyclic amines) is 1. The SMILES string of the molecule is CO[C@@H]1[C@@H](n2cc(-c3cc(F)c(F)c(F)c3)nn2)[C@@H](O)[C@@H](CO)O[C@@H]1C[C@H]1CN(C2CCN(C(=O)OC(C)(C)C)CC2)C(=O)O1. The Morgan fingerprint density at radius 1 is 1.13 bits per heavy atom. The quantitative estimate of drug-likeness (QED) is 0.433. The van der Waals surface area contributed by atoms with Gasteiger partial charge in [0.2, 0.25) is 0 Å². The highest BCUT2D eigenvalue weighted by molar-refractivity contribution is 5.71. The summed E-state index contributed by atoms with van der Waals surface area (Å²) in [7, 11) is 1.40. The highest BCUT2D eigenvalue weighted by atomic mass is 19.2. The molecule has 13 nitrogen and oxygen atoms in total. The molecule has 3 saturated heterocycles. The number of cyclic esters (lactones) is 1. The first-order valence-electron chi connectivity index (χ1n) is 14.8. The Labute approximate surface area is 257 Å². The third kappa shape index (κ3) is 7.03. The highest BCUT2D eigenvalue weighted by Crippen LogP contribution is 2.36. The molecule has 4 heterocycles. The number of aromatic nitrogens is 3. The van der Waals surface area contributed by atoms with Gasteiger partial charge in [-0.2, -0.15) is 0 Å². The standard InChI is InChI=1S/C29H38F3N5O8/c1-29(2,3)45-27(40)35-7-5-16(6-8-35)36-12-17(43-28(36)41)11-21-26(42-4)24(25(39)22(14-38)44-21)37-13-20(33-34-37)15-9-18(30)23(32)19(31)10-15/h9-10,13,16-17,21-22,24-26,38-39H,5-8,11-12,14H2,1-4H3/t17-,21+,22+,24-,25-,26-/m0/s1. The summed E-state index contributed by atoms with van der Waals surface area (Å²) < 4.78 is 65.3. The van der Waals surface area contributed by atoms with E-state index in [2.05, 4.69) is 10.3 Å². The molecule has 2 aromatic rings. The fourth-order valence-corrected chi connectivity index (χ4v) is 6.12. The number of ether oxygens (including phenoxy) is 4. The van der Waals surface area contributed by atoms with E-state index in [1.807, 2.05) is 0 Å². The molecule has 1 aromatic carbocycles. The van der Waals surface area contributed by atoms with Gasteiger partial charge in [-0.1, -0.05) is 5.21 Å². The molecule has 2 amide bonds. The van der Waals surface area contributed by atoms with E-state index in [9.17, 15) is 33.0 Å². The number of nitrogens with zero attached hydrogens (tertiary/aromatic N) is 5. The summed E-state index contributed by atoms with van der Waals surface area (Å²) in [6.07, 6.45) is -2.93. The van der Waals surface area contributed by atoms with E-state index < -0.39 is 78.4 Å². The number of aliphatic hydroxyl groups is 2. The lowest BCUT2D eigenvalue weighted by atomic mass is 9.89. The number of methoxy groups -OCH3 is 1. The van der Waals surface area contributed by atoms with Crippen molar-refractivity contribution in [1.29, 1.82) is 0 Å². The van der Waals surface area contributed by atoms with Crippen LogP contribution in [0.3, 0.4) is 0 Å². The van der Waals surface area contributed by atoms with Crippen LogP contribution in [-0.2, 0) is 18.9 Å². The first-order chi connectivity index (χ1) is 21.3. The van der Waals surface area contributed by atoms with Crippen LogP contribution in [0.15, 0.2) is 18.3 Å². The van der Waals surface area contributed by atoms with Crippen molar-refractivity contribution in [3.05, 3.63) is 35.8 Å². The van der Waals surface area contributed by atoms with Crippen LogP contribution >= 0.6 is 0 Å². The van der Waals surface area contributed by atoms with Crippen molar-refractivity contribution in [3.8, 4) is 11.3 Å². The topological polar surface area (TPSA) is 149 Å².